The van der Waals surface area contributed by atoms with E-state index in [1.54, 1.807) is 12.1 Å². The monoisotopic (exact) mass is 520 g/mol. The number of nitrogens with one attached hydrogen (secondary N) is 1. The van der Waals surface area contributed by atoms with Crippen LogP contribution in [0.5, 0.6) is 23.0 Å². The van der Waals surface area contributed by atoms with Gasteiger partial charge in [0.1, 0.15) is 18.1 Å². The van der Waals surface area contributed by atoms with E-state index in [0.717, 1.165) is 11.5 Å². The first-order valence-electron chi connectivity index (χ1n) is 12.3. The standard InChI is InChI=1S/C27H40N2O6S/c1-26(2,3)21-16-20(17-22(25(21)30)27(4,5)6)36(31,32)28-11-8-12-29(7)13-14-33-19-9-10-23-24(15-19)35-18-34-23/h9-10,15-17,28,30H,8,11-14,18H2,1-7H3. The first-order valence-corrected chi connectivity index (χ1v) is 13.8. The lowest BCUT2D eigenvalue weighted by Gasteiger charge is -2.28. The molecule has 0 saturated heterocycles. The minimum atomic E-state index is -3.72. The number of nitrogens with zero attached hydrogens (tertiary/aromatic N) is 1. The Bertz CT molecular complexity index is 1130. The van der Waals surface area contributed by atoms with Crippen molar-refractivity contribution in [3.63, 3.8) is 0 Å². The van der Waals surface area contributed by atoms with Crippen LogP contribution in [0.2, 0.25) is 0 Å². The summed E-state index contributed by atoms with van der Waals surface area (Å²) in [5.41, 5.74) is 0.442. The van der Waals surface area contributed by atoms with Crippen LogP contribution in [0.1, 0.15) is 59.1 Å². The van der Waals surface area contributed by atoms with Crippen molar-refractivity contribution in [1.82, 2.24) is 9.62 Å². The molecule has 0 fully saturated rings. The predicted molar refractivity (Wildman–Crippen MR) is 141 cm³/mol. The van der Waals surface area contributed by atoms with Gasteiger partial charge in [0.05, 0.1) is 4.90 Å². The Morgan fingerprint density at radius 1 is 0.972 bits per heavy atom. The lowest BCUT2D eigenvalue weighted by atomic mass is 9.79. The van der Waals surface area contributed by atoms with Gasteiger partial charge >= 0.3 is 0 Å². The summed E-state index contributed by atoms with van der Waals surface area (Å²) in [6, 6.07) is 8.67. The molecule has 2 aromatic rings. The van der Waals surface area contributed by atoms with Crippen molar-refractivity contribution in [2.75, 3.05) is 40.1 Å². The van der Waals surface area contributed by atoms with E-state index >= 15 is 0 Å². The largest absolute Gasteiger partial charge is 0.507 e. The fourth-order valence-corrected chi connectivity index (χ4v) is 5.07. The van der Waals surface area contributed by atoms with Gasteiger partial charge in [0.15, 0.2) is 11.5 Å². The molecule has 200 valence electrons. The van der Waals surface area contributed by atoms with Crippen molar-refractivity contribution in [2.45, 2.75) is 63.7 Å². The highest BCUT2D eigenvalue weighted by Gasteiger charge is 2.29. The Balaban J connectivity index is 1.52. The maximum atomic E-state index is 13.1. The van der Waals surface area contributed by atoms with E-state index in [2.05, 4.69) is 9.62 Å². The summed E-state index contributed by atoms with van der Waals surface area (Å²) in [5.74, 6) is 2.29. The van der Waals surface area contributed by atoms with Crippen molar-refractivity contribution >= 4 is 10.0 Å². The van der Waals surface area contributed by atoms with Crippen LogP contribution in [0, 0.1) is 0 Å². The van der Waals surface area contributed by atoms with Gasteiger partial charge in [-0.15, -0.1) is 0 Å². The fraction of sp³-hybridized carbons (Fsp3) is 0.556. The van der Waals surface area contributed by atoms with Crippen molar-refractivity contribution in [3.05, 3.63) is 41.5 Å². The number of hydrogen-bond donors (Lipinski definition) is 2. The van der Waals surface area contributed by atoms with E-state index in [1.807, 2.05) is 66.8 Å². The number of benzene rings is 2. The average Bonchev–Trinajstić information content (AvgIpc) is 3.23. The molecule has 0 radical (unpaired) electrons. The van der Waals surface area contributed by atoms with Gasteiger partial charge in [0.25, 0.3) is 0 Å². The van der Waals surface area contributed by atoms with E-state index in [-0.39, 0.29) is 17.4 Å². The van der Waals surface area contributed by atoms with Gasteiger partial charge in [-0.1, -0.05) is 41.5 Å². The molecular formula is C27H40N2O6S. The maximum Gasteiger partial charge on any atom is 0.240 e. The normalized spacial score (nSPS) is 13.9. The lowest BCUT2D eigenvalue weighted by Crippen LogP contribution is -2.30. The second-order valence-corrected chi connectivity index (χ2v) is 13.1. The average molecular weight is 521 g/mol. The van der Waals surface area contributed by atoms with Gasteiger partial charge in [0, 0.05) is 30.3 Å². The number of likely N-dealkylation sites (N-methyl/N-ethyl adjacent to an activating group) is 1. The van der Waals surface area contributed by atoms with Gasteiger partial charge in [-0.05, 0) is 55.1 Å². The van der Waals surface area contributed by atoms with Gasteiger partial charge in [-0.3, -0.25) is 0 Å². The molecule has 1 heterocycles. The molecule has 0 aliphatic carbocycles. The van der Waals surface area contributed by atoms with E-state index < -0.39 is 20.9 Å². The third kappa shape index (κ3) is 7.05. The summed E-state index contributed by atoms with van der Waals surface area (Å²) < 4.78 is 45.4. The molecular weight excluding hydrogens is 480 g/mol. The number of hydrogen-bond acceptors (Lipinski definition) is 7. The van der Waals surface area contributed by atoms with Crippen LogP contribution in [-0.4, -0.2) is 58.5 Å². The van der Waals surface area contributed by atoms with Crippen molar-refractivity contribution in [1.29, 1.82) is 0 Å². The molecule has 3 rings (SSSR count). The first-order chi connectivity index (χ1) is 16.7. The Hall–Kier alpha value is -2.49. The number of phenolic OH excluding ortho intramolecular Hbond substituents is 1. The summed E-state index contributed by atoms with van der Waals surface area (Å²) in [7, 11) is -1.75. The summed E-state index contributed by atoms with van der Waals surface area (Å²) in [6.45, 7) is 14.2. The topological polar surface area (TPSA) is 97.3 Å². The van der Waals surface area contributed by atoms with Crippen LogP contribution in [0.25, 0.3) is 0 Å². The molecule has 0 bridgehead atoms. The van der Waals surface area contributed by atoms with Gasteiger partial charge in [0.2, 0.25) is 16.8 Å². The van der Waals surface area contributed by atoms with E-state index in [1.165, 1.54) is 0 Å². The molecule has 0 unspecified atom stereocenters. The van der Waals surface area contributed by atoms with Gasteiger partial charge in [-0.2, -0.15) is 0 Å². The zero-order valence-corrected chi connectivity index (χ0v) is 23.3. The van der Waals surface area contributed by atoms with E-state index in [4.69, 9.17) is 14.2 Å². The SMILES string of the molecule is CN(CCCNS(=O)(=O)c1cc(C(C)(C)C)c(O)c(C(C)(C)C)c1)CCOc1ccc2c(c1)OCO2. The zero-order chi connectivity index (χ0) is 26.7. The minimum absolute atomic E-state index is 0.165. The van der Waals surface area contributed by atoms with Crippen LogP contribution < -0.4 is 18.9 Å². The van der Waals surface area contributed by atoms with Crippen LogP contribution in [0.4, 0.5) is 0 Å². The molecule has 9 heteroatoms. The Kier molecular flexibility index (Phi) is 8.48. The lowest BCUT2D eigenvalue weighted by molar-refractivity contribution is 0.173. The summed E-state index contributed by atoms with van der Waals surface area (Å²) in [5, 5.41) is 10.9. The number of phenols is 1. The summed E-state index contributed by atoms with van der Waals surface area (Å²) in [6.07, 6.45) is 0.649. The van der Waals surface area contributed by atoms with E-state index in [0.29, 0.717) is 49.5 Å². The molecule has 0 saturated carbocycles. The Labute approximate surface area is 215 Å². The van der Waals surface area contributed by atoms with Crippen LogP contribution in [-0.2, 0) is 20.9 Å². The number of sulfonamides is 1. The predicted octanol–water partition coefficient (Wildman–Crippen LogP) is 4.40. The molecule has 0 aromatic heterocycles. The maximum absolute atomic E-state index is 13.1. The fourth-order valence-electron chi connectivity index (χ4n) is 3.94. The minimum Gasteiger partial charge on any atom is -0.507 e. The van der Waals surface area contributed by atoms with Gasteiger partial charge in [-0.25, -0.2) is 13.1 Å². The third-order valence-electron chi connectivity index (χ3n) is 6.10. The van der Waals surface area contributed by atoms with Crippen LogP contribution in [0.15, 0.2) is 35.2 Å². The van der Waals surface area contributed by atoms with Gasteiger partial charge < -0.3 is 24.2 Å². The smallest absolute Gasteiger partial charge is 0.240 e. The van der Waals surface area contributed by atoms with E-state index in [9.17, 15) is 13.5 Å². The van der Waals surface area contributed by atoms with Crippen LogP contribution in [0.3, 0.4) is 0 Å². The highest BCUT2D eigenvalue weighted by molar-refractivity contribution is 7.89. The Morgan fingerprint density at radius 2 is 1.58 bits per heavy atom. The molecule has 0 amide bonds. The van der Waals surface area contributed by atoms with Crippen molar-refractivity contribution in [2.24, 2.45) is 0 Å². The molecule has 2 aromatic carbocycles. The summed E-state index contributed by atoms with van der Waals surface area (Å²) >= 11 is 0. The molecule has 2 N–H and O–H groups in total. The molecule has 0 spiro atoms. The number of ether oxygens (including phenoxy) is 3. The molecule has 1 aliphatic rings. The van der Waals surface area contributed by atoms with Crippen molar-refractivity contribution in [3.8, 4) is 23.0 Å². The molecule has 36 heavy (non-hydrogen) atoms. The third-order valence-corrected chi connectivity index (χ3v) is 7.54. The molecule has 8 nitrogen and oxygen atoms in total. The number of fused-ring (bicyclic) bond motifs is 1. The highest BCUT2D eigenvalue weighted by atomic mass is 32.2. The second kappa shape index (κ2) is 10.9. The number of rotatable bonds is 10. The van der Waals surface area contributed by atoms with Crippen molar-refractivity contribution < 1.29 is 27.7 Å². The molecule has 0 atom stereocenters. The van der Waals surface area contributed by atoms with Crippen LogP contribution >= 0.6 is 0 Å². The first kappa shape index (κ1) is 28.1. The second-order valence-electron chi connectivity index (χ2n) is 11.3. The Morgan fingerprint density at radius 3 is 2.19 bits per heavy atom. The quantitative estimate of drug-likeness (QED) is 0.448. The molecule has 1 aliphatic heterocycles. The number of aromatic hydroxyl groups is 1. The highest BCUT2D eigenvalue weighted by Crippen LogP contribution is 2.40. The summed E-state index contributed by atoms with van der Waals surface area (Å²) in [4.78, 5) is 2.28. The zero-order valence-electron chi connectivity index (χ0n) is 22.5.